The third-order valence-electron chi connectivity index (χ3n) is 1.72. The molecular formula is C8H8ClFO4S. The molecule has 0 unspecified atom stereocenters. The molecule has 4 nitrogen and oxygen atoms in total. The Bertz CT molecular complexity index is 472. The number of halogens is 2. The average molecular weight is 255 g/mol. The van der Waals surface area contributed by atoms with Gasteiger partial charge in [-0.1, -0.05) is 0 Å². The Labute approximate surface area is 90.7 Å². The van der Waals surface area contributed by atoms with Crippen LogP contribution in [0.2, 0.25) is 0 Å². The van der Waals surface area contributed by atoms with Gasteiger partial charge in [0.1, 0.15) is 5.75 Å². The minimum Gasteiger partial charge on any atom is -0.505 e. The lowest BCUT2D eigenvalue weighted by Crippen LogP contribution is -2.01. The summed E-state index contributed by atoms with van der Waals surface area (Å²) in [4.78, 5) is 0. The molecule has 0 atom stereocenters. The minimum absolute atomic E-state index is 0.0227. The van der Waals surface area contributed by atoms with Gasteiger partial charge in [0.15, 0.2) is 11.6 Å². The third-order valence-corrected chi connectivity index (χ3v) is 2.68. The number of methoxy groups -OCH3 is 1. The van der Waals surface area contributed by atoms with Gasteiger partial charge in [-0.25, -0.2) is 12.8 Å². The van der Waals surface area contributed by atoms with Crippen LogP contribution in [0.5, 0.6) is 11.5 Å². The van der Waals surface area contributed by atoms with Crippen LogP contribution in [0, 0.1) is 5.82 Å². The van der Waals surface area contributed by atoms with E-state index in [9.17, 15) is 12.8 Å². The summed E-state index contributed by atoms with van der Waals surface area (Å²) in [5.74, 6) is -2.41. The number of phenolic OH excluding ortho intramolecular Hbond substituents is 1. The number of phenols is 1. The van der Waals surface area contributed by atoms with Gasteiger partial charge >= 0.3 is 0 Å². The summed E-state index contributed by atoms with van der Waals surface area (Å²) in [5.41, 5.74) is -0.285. The maximum absolute atomic E-state index is 13.3. The van der Waals surface area contributed by atoms with Crippen molar-refractivity contribution in [3.63, 3.8) is 0 Å². The summed E-state index contributed by atoms with van der Waals surface area (Å²) < 4.78 is 39.7. The molecule has 0 aromatic heterocycles. The molecule has 0 spiro atoms. The van der Waals surface area contributed by atoms with Crippen molar-refractivity contribution in [1.29, 1.82) is 0 Å². The number of benzene rings is 1. The van der Waals surface area contributed by atoms with E-state index in [-0.39, 0.29) is 11.3 Å². The van der Waals surface area contributed by atoms with Crippen LogP contribution in [-0.4, -0.2) is 20.6 Å². The topological polar surface area (TPSA) is 63.6 Å². The Morgan fingerprint density at radius 3 is 2.60 bits per heavy atom. The monoisotopic (exact) mass is 254 g/mol. The van der Waals surface area contributed by atoms with Gasteiger partial charge in [-0.15, -0.1) is 0 Å². The van der Waals surface area contributed by atoms with Gasteiger partial charge in [0.05, 0.1) is 12.9 Å². The van der Waals surface area contributed by atoms with Crippen LogP contribution in [0.4, 0.5) is 4.39 Å². The van der Waals surface area contributed by atoms with E-state index in [1.54, 1.807) is 0 Å². The normalized spacial score (nSPS) is 11.4. The largest absolute Gasteiger partial charge is 0.505 e. The number of hydrogen-bond donors (Lipinski definition) is 1. The fourth-order valence-electron chi connectivity index (χ4n) is 1.09. The van der Waals surface area contributed by atoms with E-state index in [1.165, 1.54) is 13.2 Å². The molecule has 0 amide bonds. The van der Waals surface area contributed by atoms with Crippen molar-refractivity contribution in [3.8, 4) is 11.5 Å². The maximum atomic E-state index is 13.3. The lowest BCUT2D eigenvalue weighted by atomic mass is 10.2. The van der Waals surface area contributed by atoms with Gasteiger partial charge in [-0.05, 0) is 12.1 Å². The summed E-state index contributed by atoms with van der Waals surface area (Å²) in [6.45, 7) is 0. The van der Waals surface area contributed by atoms with Crippen LogP contribution >= 0.6 is 10.7 Å². The van der Waals surface area contributed by atoms with E-state index in [1.807, 2.05) is 0 Å². The zero-order valence-corrected chi connectivity index (χ0v) is 9.27. The summed E-state index contributed by atoms with van der Waals surface area (Å²) >= 11 is 0. The lowest BCUT2D eigenvalue weighted by molar-refractivity contribution is 0.393. The Morgan fingerprint density at radius 2 is 2.13 bits per heavy atom. The fourth-order valence-corrected chi connectivity index (χ4v) is 2.03. The summed E-state index contributed by atoms with van der Waals surface area (Å²) in [6, 6.07) is 2.33. The molecule has 1 aromatic rings. The predicted octanol–water partition coefficient (Wildman–Crippen LogP) is 1.61. The minimum atomic E-state index is -3.91. The van der Waals surface area contributed by atoms with Crippen molar-refractivity contribution in [2.45, 2.75) is 5.75 Å². The molecule has 0 saturated heterocycles. The summed E-state index contributed by atoms with van der Waals surface area (Å²) in [5, 5.41) is 9.05. The average Bonchev–Trinajstić information content (AvgIpc) is 2.11. The van der Waals surface area contributed by atoms with E-state index >= 15 is 0 Å². The van der Waals surface area contributed by atoms with Crippen molar-refractivity contribution in [2.75, 3.05) is 7.11 Å². The SMILES string of the molecule is COc1ccc(O)c(F)c1CS(=O)(=O)Cl. The van der Waals surface area contributed by atoms with Crippen LogP contribution < -0.4 is 4.74 Å². The van der Waals surface area contributed by atoms with Gasteiger partial charge < -0.3 is 9.84 Å². The second-order valence-electron chi connectivity index (χ2n) is 2.76. The van der Waals surface area contributed by atoms with Crippen molar-refractivity contribution < 1.29 is 22.7 Å². The van der Waals surface area contributed by atoms with E-state index in [2.05, 4.69) is 0 Å². The highest BCUT2D eigenvalue weighted by atomic mass is 35.7. The van der Waals surface area contributed by atoms with E-state index < -0.39 is 26.4 Å². The van der Waals surface area contributed by atoms with Crippen LogP contribution in [0.1, 0.15) is 5.56 Å². The first kappa shape index (κ1) is 12.1. The molecule has 84 valence electrons. The number of aromatic hydroxyl groups is 1. The molecule has 1 N–H and O–H groups in total. The highest BCUT2D eigenvalue weighted by molar-refractivity contribution is 8.13. The van der Waals surface area contributed by atoms with Gasteiger partial charge in [0.25, 0.3) is 0 Å². The Kier molecular flexibility index (Phi) is 3.41. The van der Waals surface area contributed by atoms with Crippen molar-refractivity contribution in [2.24, 2.45) is 0 Å². The molecule has 15 heavy (non-hydrogen) atoms. The summed E-state index contributed by atoms with van der Waals surface area (Å²) in [7, 11) is 2.34. The molecule has 1 rings (SSSR count). The number of rotatable bonds is 3. The molecule has 0 fully saturated rings. The zero-order valence-electron chi connectivity index (χ0n) is 7.70. The molecule has 7 heteroatoms. The molecule has 0 aliphatic rings. The molecule has 0 aliphatic carbocycles. The molecule has 0 aliphatic heterocycles. The van der Waals surface area contributed by atoms with Gasteiger partial charge in [0, 0.05) is 16.2 Å². The van der Waals surface area contributed by atoms with Crippen molar-refractivity contribution in [3.05, 3.63) is 23.5 Å². The Balaban J connectivity index is 3.30. The molecule has 0 saturated carbocycles. The Morgan fingerprint density at radius 1 is 1.53 bits per heavy atom. The van der Waals surface area contributed by atoms with E-state index in [4.69, 9.17) is 20.5 Å². The first-order chi connectivity index (χ1) is 6.85. The van der Waals surface area contributed by atoms with Gasteiger partial charge in [0.2, 0.25) is 9.05 Å². The fraction of sp³-hybridized carbons (Fsp3) is 0.250. The first-order valence-electron chi connectivity index (χ1n) is 3.82. The second-order valence-corrected chi connectivity index (χ2v) is 5.54. The zero-order chi connectivity index (χ0) is 11.6. The van der Waals surface area contributed by atoms with Crippen molar-refractivity contribution >= 4 is 19.7 Å². The molecule has 0 bridgehead atoms. The molecule has 0 heterocycles. The predicted molar refractivity (Wildman–Crippen MR) is 53.1 cm³/mol. The van der Waals surface area contributed by atoms with Gasteiger partial charge in [-0.3, -0.25) is 0 Å². The lowest BCUT2D eigenvalue weighted by Gasteiger charge is -2.08. The number of hydrogen-bond acceptors (Lipinski definition) is 4. The van der Waals surface area contributed by atoms with E-state index in [0.29, 0.717) is 0 Å². The van der Waals surface area contributed by atoms with E-state index in [0.717, 1.165) is 6.07 Å². The van der Waals surface area contributed by atoms with Crippen LogP contribution in [0.15, 0.2) is 12.1 Å². The first-order valence-corrected chi connectivity index (χ1v) is 6.29. The maximum Gasteiger partial charge on any atom is 0.237 e. The molecule has 0 radical (unpaired) electrons. The third kappa shape index (κ3) is 2.97. The van der Waals surface area contributed by atoms with Gasteiger partial charge in [-0.2, -0.15) is 0 Å². The van der Waals surface area contributed by atoms with Crippen LogP contribution in [0.25, 0.3) is 0 Å². The van der Waals surface area contributed by atoms with Crippen LogP contribution in [-0.2, 0) is 14.8 Å². The second kappa shape index (κ2) is 4.24. The number of ether oxygens (including phenoxy) is 1. The smallest absolute Gasteiger partial charge is 0.237 e. The Hall–Kier alpha value is -1.01. The molecular weight excluding hydrogens is 247 g/mol. The van der Waals surface area contributed by atoms with Crippen LogP contribution in [0.3, 0.4) is 0 Å². The highest BCUT2D eigenvalue weighted by Crippen LogP contribution is 2.30. The highest BCUT2D eigenvalue weighted by Gasteiger charge is 2.19. The summed E-state index contributed by atoms with van der Waals surface area (Å²) in [6.07, 6.45) is 0. The molecule has 1 aromatic carbocycles. The standard InChI is InChI=1S/C8H8ClFO4S/c1-14-7-3-2-6(11)8(10)5(7)4-15(9,12)13/h2-3,11H,4H2,1H3. The van der Waals surface area contributed by atoms with Crippen molar-refractivity contribution in [1.82, 2.24) is 0 Å². The quantitative estimate of drug-likeness (QED) is 0.833.